The molecule has 1 aromatic carbocycles. The van der Waals surface area contributed by atoms with E-state index in [0.717, 1.165) is 25.2 Å². The maximum Gasteiger partial charge on any atom is 0.243 e. The summed E-state index contributed by atoms with van der Waals surface area (Å²) >= 11 is 0. The first-order valence-corrected chi connectivity index (χ1v) is 7.55. The van der Waals surface area contributed by atoms with Crippen molar-refractivity contribution < 1.29 is 4.79 Å². The molecule has 0 bridgehead atoms. The molecule has 1 amide bonds. The van der Waals surface area contributed by atoms with Crippen LogP contribution < -0.4 is 16.0 Å². The molecule has 0 aliphatic heterocycles. The Bertz CT molecular complexity index is 615. The largest absolute Gasteiger partial charge is 0.356 e. The van der Waals surface area contributed by atoms with E-state index in [4.69, 9.17) is 0 Å². The first-order chi connectivity index (χ1) is 11.3. The highest BCUT2D eigenvalue weighted by molar-refractivity contribution is 14.0. The number of benzene rings is 1. The second kappa shape index (κ2) is 11.4. The number of aromatic nitrogens is 2. The normalized spacial score (nSPS) is 10.6. The van der Waals surface area contributed by atoms with Crippen LogP contribution in [0.2, 0.25) is 0 Å². The number of nitrogens with zero attached hydrogens (tertiary/aromatic N) is 3. The Labute approximate surface area is 159 Å². The molecule has 1 heterocycles. The van der Waals surface area contributed by atoms with E-state index in [1.807, 2.05) is 47.3 Å². The zero-order valence-electron chi connectivity index (χ0n) is 13.6. The molecule has 1 aromatic heterocycles. The number of para-hydroxylation sites is 1. The third kappa shape index (κ3) is 7.44. The third-order valence-electron chi connectivity index (χ3n) is 3.11. The van der Waals surface area contributed by atoms with Crippen molar-refractivity contribution in [2.75, 3.05) is 25.5 Å². The van der Waals surface area contributed by atoms with E-state index in [1.54, 1.807) is 13.2 Å². The molecular weight excluding hydrogens is 419 g/mol. The number of aryl methyl sites for hydroxylation is 1. The fraction of sp³-hybridized carbons (Fsp3) is 0.312. The molecule has 3 N–H and O–H groups in total. The molecule has 130 valence electrons. The molecule has 0 aliphatic rings. The average molecular weight is 442 g/mol. The highest BCUT2D eigenvalue weighted by Gasteiger charge is 2.03. The van der Waals surface area contributed by atoms with Gasteiger partial charge in [0.05, 0.1) is 6.54 Å². The van der Waals surface area contributed by atoms with Gasteiger partial charge in [-0.2, -0.15) is 5.10 Å². The fourth-order valence-corrected chi connectivity index (χ4v) is 1.99. The number of halogens is 1. The number of rotatable bonds is 7. The van der Waals surface area contributed by atoms with E-state index in [9.17, 15) is 4.79 Å². The molecule has 0 saturated heterocycles. The summed E-state index contributed by atoms with van der Waals surface area (Å²) < 4.78 is 1.88. The Morgan fingerprint density at radius 3 is 2.67 bits per heavy atom. The van der Waals surface area contributed by atoms with Gasteiger partial charge in [-0.15, -0.1) is 24.0 Å². The second-order valence-electron chi connectivity index (χ2n) is 4.89. The molecule has 8 heteroatoms. The summed E-state index contributed by atoms with van der Waals surface area (Å²) in [5.74, 6) is 0.490. The van der Waals surface area contributed by atoms with Gasteiger partial charge in [0.15, 0.2) is 5.96 Å². The Morgan fingerprint density at radius 1 is 1.21 bits per heavy atom. The Morgan fingerprint density at radius 2 is 2.00 bits per heavy atom. The Kier molecular flexibility index (Phi) is 9.51. The molecule has 0 atom stereocenters. The summed E-state index contributed by atoms with van der Waals surface area (Å²) in [5.41, 5.74) is 0.779. The minimum Gasteiger partial charge on any atom is -0.356 e. The standard InChI is InChI=1S/C16H22N6O.HI/c1-17-16(18-9-5-11-22-12-6-10-20-22)19-13-15(23)21-14-7-3-2-4-8-14;/h2-4,6-8,10,12H,5,9,11,13H2,1H3,(H,21,23)(H2,17,18,19);1H. The molecule has 0 aliphatic carbocycles. The van der Waals surface area contributed by atoms with Crippen molar-refractivity contribution in [3.63, 3.8) is 0 Å². The average Bonchev–Trinajstić information content (AvgIpc) is 3.08. The maximum atomic E-state index is 11.9. The number of nitrogens with one attached hydrogen (secondary N) is 3. The first-order valence-electron chi connectivity index (χ1n) is 7.55. The van der Waals surface area contributed by atoms with E-state index in [1.165, 1.54) is 0 Å². The van der Waals surface area contributed by atoms with Crippen LogP contribution in [0.4, 0.5) is 5.69 Å². The number of hydrogen-bond acceptors (Lipinski definition) is 3. The summed E-state index contributed by atoms with van der Waals surface area (Å²) in [6, 6.07) is 11.3. The third-order valence-corrected chi connectivity index (χ3v) is 3.11. The molecule has 0 unspecified atom stereocenters. The van der Waals surface area contributed by atoms with Gasteiger partial charge in [-0.25, -0.2) is 0 Å². The van der Waals surface area contributed by atoms with Crippen LogP contribution in [0.5, 0.6) is 0 Å². The zero-order valence-corrected chi connectivity index (χ0v) is 15.9. The van der Waals surface area contributed by atoms with Crippen LogP contribution in [0.1, 0.15) is 6.42 Å². The molecule has 0 spiro atoms. The monoisotopic (exact) mass is 442 g/mol. The van der Waals surface area contributed by atoms with Crippen molar-refractivity contribution in [2.24, 2.45) is 4.99 Å². The number of anilines is 1. The molecular formula is C16H23IN6O. The van der Waals surface area contributed by atoms with Gasteiger partial charge in [0.2, 0.25) is 5.91 Å². The minimum absolute atomic E-state index is 0. The predicted octanol–water partition coefficient (Wildman–Crippen LogP) is 1.69. The molecule has 2 aromatic rings. The topological polar surface area (TPSA) is 83.3 Å². The number of carbonyl (C=O) groups is 1. The summed E-state index contributed by atoms with van der Waals surface area (Å²) in [5, 5.41) is 13.1. The summed E-state index contributed by atoms with van der Waals surface area (Å²) in [4.78, 5) is 15.9. The highest BCUT2D eigenvalue weighted by Crippen LogP contribution is 2.03. The van der Waals surface area contributed by atoms with Gasteiger partial charge < -0.3 is 16.0 Å². The second-order valence-corrected chi connectivity index (χ2v) is 4.89. The first kappa shape index (κ1) is 19.9. The number of hydrogen-bond donors (Lipinski definition) is 3. The molecule has 7 nitrogen and oxygen atoms in total. The number of carbonyl (C=O) groups excluding carboxylic acids is 1. The van der Waals surface area contributed by atoms with Gasteiger partial charge in [-0.05, 0) is 24.6 Å². The lowest BCUT2D eigenvalue weighted by molar-refractivity contribution is -0.115. The van der Waals surface area contributed by atoms with Crippen LogP contribution in [-0.4, -0.2) is 41.8 Å². The van der Waals surface area contributed by atoms with E-state index >= 15 is 0 Å². The number of aliphatic imine (C=N–C) groups is 1. The van der Waals surface area contributed by atoms with Gasteiger partial charge in [-0.3, -0.25) is 14.5 Å². The quantitative estimate of drug-likeness (QED) is 0.264. The molecule has 0 saturated carbocycles. The smallest absolute Gasteiger partial charge is 0.243 e. The highest BCUT2D eigenvalue weighted by atomic mass is 127. The minimum atomic E-state index is -0.115. The lowest BCUT2D eigenvalue weighted by atomic mass is 10.3. The molecule has 24 heavy (non-hydrogen) atoms. The molecule has 2 rings (SSSR count). The fourth-order valence-electron chi connectivity index (χ4n) is 1.99. The number of guanidine groups is 1. The van der Waals surface area contributed by atoms with Crippen molar-refractivity contribution in [3.8, 4) is 0 Å². The van der Waals surface area contributed by atoms with Crippen LogP contribution in [0.3, 0.4) is 0 Å². The van der Waals surface area contributed by atoms with E-state index in [2.05, 4.69) is 26.0 Å². The lowest BCUT2D eigenvalue weighted by Crippen LogP contribution is -2.41. The summed E-state index contributed by atoms with van der Waals surface area (Å²) in [6.45, 7) is 1.75. The van der Waals surface area contributed by atoms with Gasteiger partial charge in [0.1, 0.15) is 0 Å². The molecule has 0 fully saturated rings. The van der Waals surface area contributed by atoms with Crippen molar-refractivity contribution in [3.05, 3.63) is 48.8 Å². The van der Waals surface area contributed by atoms with Crippen LogP contribution in [0, 0.1) is 0 Å². The summed E-state index contributed by atoms with van der Waals surface area (Å²) in [6.07, 6.45) is 4.61. The molecule has 0 radical (unpaired) electrons. The van der Waals surface area contributed by atoms with Crippen molar-refractivity contribution in [1.82, 2.24) is 20.4 Å². The van der Waals surface area contributed by atoms with Crippen LogP contribution in [-0.2, 0) is 11.3 Å². The Balaban J connectivity index is 0.00000288. The van der Waals surface area contributed by atoms with Crippen LogP contribution in [0.25, 0.3) is 0 Å². The van der Waals surface area contributed by atoms with E-state index < -0.39 is 0 Å². The van der Waals surface area contributed by atoms with Crippen molar-refractivity contribution >= 4 is 41.5 Å². The maximum absolute atomic E-state index is 11.9. The lowest BCUT2D eigenvalue weighted by Gasteiger charge is -2.12. The van der Waals surface area contributed by atoms with E-state index in [-0.39, 0.29) is 36.4 Å². The van der Waals surface area contributed by atoms with Gasteiger partial charge in [0, 0.05) is 38.2 Å². The van der Waals surface area contributed by atoms with Gasteiger partial charge >= 0.3 is 0 Å². The summed E-state index contributed by atoms with van der Waals surface area (Å²) in [7, 11) is 1.68. The SMILES string of the molecule is CN=C(NCCCn1cccn1)NCC(=O)Nc1ccccc1.I. The predicted molar refractivity (Wildman–Crippen MR) is 107 cm³/mol. The van der Waals surface area contributed by atoms with Gasteiger partial charge in [-0.1, -0.05) is 18.2 Å². The number of amides is 1. The van der Waals surface area contributed by atoms with Crippen molar-refractivity contribution in [2.45, 2.75) is 13.0 Å². The van der Waals surface area contributed by atoms with E-state index in [0.29, 0.717) is 5.96 Å². The zero-order chi connectivity index (χ0) is 16.3. The van der Waals surface area contributed by atoms with Crippen LogP contribution in [0.15, 0.2) is 53.8 Å². The van der Waals surface area contributed by atoms with Gasteiger partial charge in [0.25, 0.3) is 0 Å². The van der Waals surface area contributed by atoms with Crippen molar-refractivity contribution in [1.29, 1.82) is 0 Å². The van der Waals surface area contributed by atoms with Crippen LogP contribution >= 0.6 is 24.0 Å². The Hall–Kier alpha value is -2.10.